The molecule has 2 rings (SSSR count). The minimum Gasteiger partial charge on any atom is -0.379 e. The van der Waals surface area contributed by atoms with Gasteiger partial charge in [-0.05, 0) is 25.0 Å². The van der Waals surface area contributed by atoms with Crippen molar-refractivity contribution in [2.45, 2.75) is 56.8 Å². The van der Waals surface area contributed by atoms with Crippen molar-refractivity contribution >= 4 is 17.8 Å². The lowest BCUT2D eigenvalue weighted by Gasteiger charge is -2.23. The lowest BCUT2D eigenvalue weighted by molar-refractivity contribution is -0.261. The van der Waals surface area contributed by atoms with Gasteiger partial charge in [0.2, 0.25) is 11.8 Å². The van der Waals surface area contributed by atoms with Gasteiger partial charge in [-0.1, -0.05) is 11.6 Å². The number of nitrogens with one attached hydrogen (secondary N) is 4. The first-order chi connectivity index (χ1) is 17.1. The maximum absolute atomic E-state index is 11.9. The van der Waals surface area contributed by atoms with E-state index < -0.39 is 43.0 Å². The zero-order valence-electron chi connectivity index (χ0n) is 19.9. The number of rotatable bonds is 15. The number of amides is 2. The molecule has 0 aliphatic carbocycles. The maximum Gasteiger partial charge on any atom is 0.327 e. The zero-order valence-corrected chi connectivity index (χ0v) is 19.9. The molecule has 2 aliphatic heterocycles. The van der Waals surface area contributed by atoms with Crippen molar-refractivity contribution in [2.75, 3.05) is 32.7 Å². The number of hydroxylamine groups is 2. The lowest BCUT2D eigenvalue weighted by atomic mass is 10.3. The molecule has 2 amide bonds. The van der Waals surface area contributed by atoms with Gasteiger partial charge >= 0.3 is 5.97 Å². The number of aliphatic hydroxyl groups is 5. The first-order valence-electron chi connectivity index (χ1n) is 11.6. The summed E-state index contributed by atoms with van der Waals surface area (Å²) in [4.78, 5) is 41.7. The number of aliphatic hydroxyl groups excluding tert-OH is 5. The van der Waals surface area contributed by atoms with Crippen molar-refractivity contribution in [3.8, 4) is 0 Å². The van der Waals surface area contributed by atoms with Gasteiger partial charge in [0.15, 0.2) is 0 Å². The van der Waals surface area contributed by atoms with Crippen LogP contribution in [0, 0.1) is 0 Å². The summed E-state index contributed by atoms with van der Waals surface area (Å²) in [6.45, 7) is 3.75. The third-order valence-corrected chi connectivity index (χ3v) is 5.40. The summed E-state index contributed by atoms with van der Waals surface area (Å²) in [7, 11) is 0. The van der Waals surface area contributed by atoms with Gasteiger partial charge in [-0.15, -0.1) is 0 Å². The summed E-state index contributed by atoms with van der Waals surface area (Å²) in [6, 6.07) is 0. The van der Waals surface area contributed by atoms with Crippen LogP contribution in [0.1, 0.15) is 25.7 Å². The molecule has 0 aromatic carbocycles. The number of hydrogen-bond acceptors (Lipinski definition) is 13. The summed E-state index contributed by atoms with van der Waals surface area (Å²) >= 11 is 0. The number of carbonyl (C=O) groups is 3. The second-order valence-electron chi connectivity index (χ2n) is 8.32. The van der Waals surface area contributed by atoms with E-state index in [0.717, 1.165) is 5.06 Å². The minimum atomic E-state index is -1.08. The standard InChI is InChI=1S/C21H36N6O9/c1-13(10-24-16(30)12-25-14(28)7-9-26-17(31)2-3-18(26)32)23-11-15(29)22-8-6-21(35)36-27-19(33)4-5-20(27)34/h2-3,16-20,23-24,30-34H,1,4-12H2,(H,22,29)(H,25,28)/t16?,17-,18+,19-,20+. The van der Waals surface area contributed by atoms with E-state index in [2.05, 4.69) is 27.8 Å². The zero-order chi connectivity index (χ0) is 26.7. The molecule has 0 radical (unpaired) electrons. The van der Waals surface area contributed by atoms with Gasteiger partial charge in [0.05, 0.1) is 19.5 Å². The maximum atomic E-state index is 11.9. The Kier molecular flexibility index (Phi) is 12.2. The van der Waals surface area contributed by atoms with Crippen molar-refractivity contribution in [3.63, 3.8) is 0 Å². The van der Waals surface area contributed by atoms with Gasteiger partial charge in [0.25, 0.3) is 0 Å². The largest absolute Gasteiger partial charge is 0.379 e. The average Bonchev–Trinajstić information content (AvgIpc) is 3.33. The molecule has 15 nitrogen and oxygen atoms in total. The van der Waals surface area contributed by atoms with E-state index in [9.17, 15) is 39.9 Å². The van der Waals surface area contributed by atoms with Crippen LogP contribution in [0.4, 0.5) is 0 Å². The second kappa shape index (κ2) is 14.8. The molecule has 0 bridgehead atoms. The van der Waals surface area contributed by atoms with E-state index in [-0.39, 0.29) is 64.3 Å². The molecular formula is C21H36N6O9. The van der Waals surface area contributed by atoms with Gasteiger partial charge in [0.1, 0.15) is 31.1 Å². The fourth-order valence-corrected chi connectivity index (χ4v) is 3.35. The molecule has 36 heavy (non-hydrogen) atoms. The molecule has 0 aromatic heterocycles. The molecule has 0 aromatic rings. The third kappa shape index (κ3) is 10.2. The fraction of sp³-hybridized carbons (Fsp3) is 0.667. The van der Waals surface area contributed by atoms with Gasteiger partial charge in [-0.25, -0.2) is 4.90 Å². The summed E-state index contributed by atoms with van der Waals surface area (Å²) in [6.07, 6.45) is -1.79. The van der Waals surface area contributed by atoms with Crippen molar-refractivity contribution in [3.05, 3.63) is 24.4 Å². The topological polar surface area (TPSA) is 216 Å². The molecule has 0 saturated carbocycles. The van der Waals surface area contributed by atoms with E-state index in [4.69, 9.17) is 4.84 Å². The molecule has 5 atom stereocenters. The molecule has 0 spiro atoms. The van der Waals surface area contributed by atoms with Gasteiger partial charge in [-0.2, -0.15) is 0 Å². The number of carbonyl (C=O) groups excluding carboxylic acids is 3. The lowest BCUT2D eigenvalue weighted by Crippen LogP contribution is -2.44. The van der Waals surface area contributed by atoms with E-state index in [0.29, 0.717) is 5.70 Å². The Labute approximate surface area is 208 Å². The van der Waals surface area contributed by atoms with E-state index in [1.165, 1.54) is 17.1 Å². The Hall–Kier alpha value is -2.63. The molecule has 2 heterocycles. The minimum absolute atomic E-state index is 0.00525. The molecule has 204 valence electrons. The first kappa shape index (κ1) is 29.6. The third-order valence-electron chi connectivity index (χ3n) is 5.40. The average molecular weight is 517 g/mol. The molecule has 2 aliphatic rings. The van der Waals surface area contributed by atoms with Crippen LogP contribution in [0.25, 0.3) is 0 Å². The van der Waals surface area contributed by atoms with Gasteiger partial charge < -0.3 is 46.3 Å². The predicted octanol–water partition coefficient (Wildman–Crippen LogP) is -4.29. The van der Waals surface area contributed by atoms with Crippen molar-refractivity contribution < 1.29 is 44.8 Å². The molecule has 15 heteroatoms. The smallest absolute Gasteiger partial charge is 0.327 e. The van der Waals surface area contributed by atoms with E-state index in [1.54, 1.807) is 0 Å². The summed E-state index contributed by atoms with van der Waals surface area (Å²) in [5.74, 6) is -1.49. The highest BCUT2D eigenvalue weighted by atomic mass is 16.7. The Morgan fingerprint density at radius 1 is 0.944 bits per heavy atom. The first-order valence-corrected chi connectivity index (χ1v) is 11.6. The molecule has 1 saturated heterocycles. The van der Waals surface area contributed by atoms with Gasteiger partial charge in [-0.3, -0.25) is 19.7 Å². The second-order valence-corrected chi connectivity index (χ2v) is 8.32. The van der Waals surface area contributed by atoms with Crippen LogP contribution in [-0.2, 0) is 19.2 Å². The predicted molar refractivity (Wildman–Crippen MR) is 123 cm³/mol. The van der Waals surface area contributed by atoms with Crippen LogP contribution in [0.5, 0.6) is 0 Å². The normalized spacial score (nSPS) is 24.9. The van der Waals surface area contributed by atoms with Crippen LogP contribution in [0.15, 0.2) is 24.4 Å². The SMILES string of the molecule is C=C(CNC(O)CNC(=O)CCN1[C@H](O)C=C[C@@H]1O)NCC(=O)NCCC(=O)ON1[C@H](O)CC[C@@H]1O. The Balaban J connectivity index is 1.49. The highest BCUT2D eigenvalue weighted by molar-refractivity contribution is 5.79. The number of nitrogens with zero attached hydrogens (tertiary/aromatic N) is 2. The molecule has 1 fully saturated rings. The molecule has 1 unspecified atom stereocenters. The van der Waals surface area contributed by atoms with E-state index >= 15 is 0 Å². The Morgan fingerprint density at radius 3 is 2.22 bits per heavy atom. The Bertz CT molecular complexity index is 776. The van der Waals surface area contributed by atoms with E-state index in [1.807, 2.05) is 0 Å². The molecule has 9 N–H and O–H groups in total. The van der Waals surface area contributed by atoms with Crippen molar-refractivity contribution in [1.29, 1.82) is 0 Å². The quantitative estimate of drug-likeness (QED) is 0.0745. The van der Waals surface area contributed by atoms with Crippen LogP contribution >= 0.6 is 0 Å². The van der Waals surface area contributed by atoms with Crippen molar-refractivity contribution in [1.82, 2.24) is 31.2 Å². The highest BCUT2D eigenvalue weighted by Gasteiger charge is 2.34. The van der Waals surface area contributed by atoms with Gasteiger partial charge in [0, 0.05) is 31.8 Å². The summed E-state index contributed by atoms with van der Waals surface area (Å²) in [5.41, 5.74) is 0.399. The number of hydrogen-bond donors (Lipinski definition) is 9. The van der Waals surface area contributed by atoms with Crippen LogP contribution < -0.4 is 21.3 Å². The monoisotopic (exact) mass is 516 g/mol. The molecular weight excluding hydrogens is 480 g/mol. The summed E-state index contributed by atoms with van der Waals surface area (Å²) < 4.78 is 0. The van der Waals surface area contributed by atoms with Crippen LogP contribution in [-0.4, -0.2) is 117 Å². The van der Waals surface area contributed by atoms with Crippen LogP contribution in [0.2, 0.25) is 0 Å². The Morgan fingerprint density at radius 2 is 1.58 bits per heavy atom. The van der Waals surface area contributed by atoms with Crippen molar-refractivity contribution in [2.24, 2.45) is 0 Å². The van der Waals surface area contributed by atoms with Crippen LogP contribution in [0.3, 0.4) is 0 Å². The highest BCUT2D eigenvalue weighted by Crippen LogP contribution is 2.20. The summed E-state index contributed by atoms with van der Waals surface area (Å²) in [5, 5.41) is 59.7. The fourth-order valence-electron chi connectivity index (χ4n) is 3.35.